The third-order valence-corrected chi connectivity index (χ3v) is 2.29. The summed E-state index contributed by atoms with van der Waals surface area (Å²) < 4.78 is 5.22. The molecule has 0 saturated carbocycles. The van der Waals surface area contributed by atoms with Crippen LogP contribution in [0, 0.1) is 0 Å². The van der Waals surface area contributed by atoms with Crippen molar-refractivity contribution < 1.29 is 9.53 Å². The largest absolute Gasteiger partial charge is 0.371 e. The summed E-state index contributed by atoms with van der Waals surface area (Å²) in [5.74, 6) is 0.0526. The molecule has 1 aromatic carbocycles. The van der Waals surface area contributed by atoms with Crippen LogP contribution >= 0.6 is 11.6 Å². The van der Waals surface area contributed by atoms with Gasteiger partial charge in [0.1, 0.15) is 6.61 Å². The van der Waals surface area contributed by atoms with E-state index in [2.05, 4.69) is 0 Å². The topological polar surface area (TPSA) is 26.3 Å². The minimum atomic E-state index is 0.0526. The Balaban J connectivity index is 2.48. The van der Waals surface area contributed by atoms with Crippen LogP contribution in [-0.4, -0.2) is 18.5 Å². The molecule has 0 aromatic heterocycles. The van der Waals surface area contributed by atoms with Gasteiger partial charge in [0.2, 0.25) is 0 Å². The quantitative estimate of drug-likeness (QED) is 0.772. The molecular formula is C12H15ClO2. The first-order valence-electron chi connectivity index (χ1n) is 4.96. The molecular weight excluding hydrogens is 212 g/mol. The summed E-state index contributed by atoms with van der Waals surface area (Å²) in [6, 6.07) is 7.36. The van der Waals surface area contributed by atoms with E-state index < -0.39 is 0 Å². The minimum absolute atomic E-state index is 0.0526. The van der Waals surface area contributed by atoms with Crippen molar-refractivity contribution in [2.75, 3.05) is 6.61 Å². The number of Topliss-reactive ketones (excluding diaryl/α,β-unsaturated/α-hetero) is 1. The van der Waals surface area contributed by atoms with Crippen LogP contribution in [0.1, 0.15) is 19.4 Å². The second-order valence-electron chi connectivity index (χ2n) is 3.67. The smallest absolute Gasteiger partial charge is 0.162 e. The van der Waals surface area contributed by atoms with Gasteiger partial charge in [-0.3, -0.25) is 4.79 Å². The number of ether oxygens (including phenoxy) is 1. The van der Waals surface area contributed by atoms with Crippen LogP contribution in [0.25, 0.3) is 0 Å². The highest BCUT2D eigenvalue weighted by molar-refractivity contribution is 6.31. The molecule has 0 N–H and O–H groups in total. The van der Waals surface area contributed by atoms with Gasteiger partial charge in [-0.25, -0.2) is 0 Å². The van der Waals surface area contributed by atoms with Crippen LogP contribution in [0.3, 0.4) is 0 Å². The van der Waals surface area contributed by atoms with Crippen molar-refractivity contribution in [1.82, 2.24) is 0 Å². The third kappa shape index (κ3) is 4.45. The third-order valence-electron chi connectivity index (χ3n) is 1.92. The van der Waals surface area contributed by atoms with Gasteiger partial charge < -0.3 is 4.74 Å². The summed E-state index contributed by atoms with van der Waals surface area (Å²) in [6.45, 7) is 3.97. The van der Waals surface area contributed by atoms with Gasteiger partial charge in [-0.05, 0) is 25.5 Å². The Morgan fingerprint density at radius 3 is 2.67 bits per heavy atom. The molecule has 1 rings (SSSR count). The van der Waals surface area contributed by atoms with Crippen LogP contribution in [0.15, 0.2) is 24.3 Å². The van der Waals surface area contributed by atoms with Gasteiger partial charge in [0, 0.05) is 11.4 Å². The summed E-state index contributed by atoms with van der Waals surface area (Å²) in [4.78, 5) is 11.5. The lowest BCUT2D eigenvalue weighted by molar-refractivity contribution is -0.124. The number of carbonyl (C=O) groups excluding carboxylic acids is 1. The molecule has 3 heteroatoms. The highest BCUT2D eigenvalue weighted by atomic mass is 35.5. The molecule has 15 heavy (non-hydrogen) atoms. The number of rotatable bonds is 5. The predicted molar refractivity (Wildman–Crippen MR) is 61.3 cm³/mol. The van der Waals surface area contributed by atoms with Gasteiger partial charge in [0.05, 0.1) is 6.10 Å². The maximum atomic E-state index is 11.5. The molecule has 0 bridgehead atoms. The Labute approximate surface area is 95.2 Å². The lowest BCUT2D eigenvalue weighted by atomic mass is 10.1. The number of hydrogen-bond donors (Lipinski definition) is 0. The Kier molecular flexibility index (Phi) is 4.79. The van der Waals surface area contributed by atoms with E-state index in [1.54, 1.807) is 6.07 Å². The number of halogens is 1. The zero-order valence-corrected chi connectivity index (χ0v) is 9.75. The van der Waals surface area contributed by atoms with E-state index in [0.717, 1.165) is 5.56 Å². The second kappa shape index (κ2) is 5.89. The van der Waals surface area contributed by atoms with Crippen molar-refractivity contribution in [2.45, 2.75) is 26.4 Å². The van der Waals surface area contributed by atoms with Crippen molar-refractivity contribution in [3.05, 3.63) is 34.9 Å². The number of carbonyl (C=O) groups is 1. The molecule has 1 aromatic rings. The lowest BCUT2D eigenvalue weighted by Gasteiger charge is -2.07. The summed E-state index contributed by atoms with van der Waals surface area (Å²) in [7, 11) is 0. The Morgan fingerprint density at radius 1 is 1.40 bits per heavy atom. The Hall–Kier alpha value is -0.860. The van der Waals surface area contributed by atoms with E-state index in [4.69, 9.17) is 16.3 Å². The number of benzene rings is 1. The van der Waals surface area contributed by atoms with Gasteiger partial charge in [0.15, 0.2) is 5.78 Å². The van der Waals surface area contributed by atoms with Crippen molar-refractivity contribution in [3.8, 4) is 0 Å². The fraction of sp³-hybridized carbons (Fsp3) is 0.417. The monoisotopic (exact) mass is 226 g/mol. The van der Waals surface area contributed by atoms with Gasteiger partial charge >= 0.3 is 0 Å². The molecule has 82 valence electrons. The summed E-state index contributed by atoms with van der Waals surface area (Å²) in [6.07, 6.45) is 0.423. The van der Waals surface area contributed by atoms with Crippen LogP contribution in [-0.2, 0) is 16.0 Å². The van der Waals surface area contributed by atoms with Crippen LogP contribution < -0.4 is 0 Å². The van der Waals surface area contributed by atoms with E-state index in [9.17, 15) is 4.79 Å². The highest BCUT2D eigenvalue weighted by Gasteiger charge is 2.07. The van der Waals surface area contributed by atoms with Crippen LogP contribution in [0.2, 0.25) is 5.02 Å². The molecule has 2 nitrogen and oxygen atoms in total. The van der Waals surface area contributed by atoms with Crippen molar-refractivity contribution in [2.24, 2.45) is 0 Å². The Morgan fingerprint density at radius 2 is 2.07 bits per heavy atom. The molecule has 0 spiro atoms. The first kappa shape index (κ1) is 12.2. The van der Waals surface area contributed by atoms with Crippen molar-refractivity contribution in [1.29, 1.82) is 0 Å². The summed E-state index contributed by atoms with van der Waals surface area (Å²) in [5, 5.41) is 0.635. The summed E-state index contributed by atoms with van der Waals surface area (Å²) >= 11 is 5.94. The average Bonchev–Trinajstić information content (AvgIpc) is 2.18. The SMILES string of the molecule is CC(C)OCC(=O)Cc1ccccc1Cl. The first-order valence-corrected chi connectivity index (χ1v) is 5.34. The molecule has 0 aliphatic carbocycles. The number of ketones is 1. The van der Waals surface area contributed by atoms with Crippen LogP contribution in [0.4, 0.5) is 0 Å². The zero-order chi connectivity index (χ0) is 11.3. The maximum Gasteiger partial charge on any atom is 0.162 e. The minimum Gasteiger partial charge on any atom is -0.371 e. The van der Waals surface area contributed by atoms with E-state index in [-0.39, 0.29) is 18.5 Å². The van der Waals surface area contributed by atoms with Crippen molar-refractivity contribution >= 4 is 17.4 Å². The standard InChI is InChI=1S/C12H15ClO2/c1-9(2)15-8-11(14)7-10-5-3-4-6-12(10)13/h3-6,9H,7-8H2,1-2H3. The summed E-state index contributed by atoms with van der Waals surface area (Å²) in [5.41, 5.74) is 0.858. The molecule has 0 heterocycles. The van der Waals surface area contributed by atoms with Gasteiger partial charge in [0.25, 0.3) is 0 Å². The van der Waals surface area contributed by atoms with E-state index in [1.807, 2.05) is 32.0 Å². The van der Waals surface area contributed by atoms with Crippen molar-refractivity contribution in [3.63, 3.8) is 0 Å². The van der Waals surface area contributed by atoms with Gasteiger partial charge in [-0.2, -0.15) is 0 Å². The molecule has 0 fully saturated rings. The number of hydrogen-bond acceptors (Lipinski definition) is 2. The van der Waals surface area contributed by atoms with E-state index >= 15 is 0 Å². The Bertz CT molecular complexity index is 334. The molecule has 0 unspecified atom stereocenters. The molecule has 0 amide bonds. The molecule has 0 atom stereocenters. The zero-order valence-electron chi connectivity index (χ0n) is 9.00. The predicted octanol–water partition coefficient (Wildman–Crippen LogP) is 2.88. The molecule has 0 aliphatic rings. The van der Waals surface area contributed by atoms with E-state index in [1.165, 1.54) is 0 Å². The average molecular weight is 227 g/mol. The molecule has 0 radical (unpaired) electrons. The van der Waals surface area contributed by atoms with Crippen LogP contribution in [0.5, 0.6) is 0 Å². The normalized spacial score (nSPS) is 10.7. The highest BCUT2D eigenvalue weighted by Crippen LogP contribution is 2.15. The lowest BCUT2D eigenvalue weighted by Crippen LogP contribution is -2.15. The van der Waals surface area contributed by atoms with Gasteiger partial charge in [-0.15, -0.1) is 0 Å². The molecule has 0 saturated heterocycles. The molecule has 0 aliphatic heterocycles. The second-order valence-corrected chi connectivity index (χ2v) is 4.07. The first-order chi connectivity index (χ1) is 7.09. The fourth-order valence-corrected chi connectivity index (χ4v) is 1.37. The van der Waals surface area contributed by atoms with Gasteiger partial charge in [-0.1, -0.05) is 29.8 Å². The fourth-order valence-electron chi connectivity index (χ4n) is 1.16. The maximum absolute atomic E-state index is 11.5. The van der Waals surface area contributed by atoms with E-state index in [0.29, 0.717) is 11.4 Å².